The van der Waals surface area contributed by atoms with Gasteiger partial charge in [0.2, 0.25) is 0 Å². The Kier molecular flexibility index (Phi) is 11.1. The number of hydrogen-bond donors (Lipinski definition) is 2. The Balaban J connectivity index is 1.20. The van der Waals surface area contributed by atoms with Gasteiger partial charge >= 0.3 is 11.8 Å². The van der Waals surface area contributed by atoms with Crippen molar-refractivity contribution in [2.45, 2.75) is 38.9 Å². The van der Waals surface area contributed by atoms with Crippen LogP contribution in [0.4, 0.5) is 0 Å². The molecule has 0 aliphatic carbocycles. The van der Waals surface area contributed by atoms with Crippen LogP contribution in [0.2, 0.25) is 5.02 Å². The molecule has 3 aromatic rings. The van der Waals surface area contributed by atoms with E-state index in [1.165, 1.54) is 4.90 Å². The van der Waals surface area contributed by atoms with E-state index in [1.54, 1.807) is 0 Å². The van der Waals surface area contributed by atoms with Crippen LogP contribution in [0.5, 0.6) is 0 Å². The molecule has 1 unspecified atom stereocenters. The van der Waals surface area contributed by atoms with Crippen LogP contribution < -0.4 is 11.1 Å². The molecule has 4 heterocycles. The van der Waals surface area contributed by atoms with Gasteiger partial charge in [-0.15, -0.1) is 0 Å². The maximum atomic E-state index is 12.8. The van der Waals surface area contributed by atoms with Gasteiger partial charge in [-0.2, -0.15) is 5.10 Å². The van der Waals surface area contributed by atoms with E-state index in [9.17, 15) is 14.4 Å². The van der Waals surface area contributed by atoms with Gasteiger partial charge in [-0.05, 0) is 43.2 Å². The fraction of sp³-hybridized carbons (Fsp3) is 0.486. The van der Waals surface area contributed by atoms with Crippen molar-refractivity contribution in [1.29, 1.82) is 0 Å². The summed E-state index contributed by atoms with van der Waals surface area (Å²) >= 11 is 6.73. The van der Waals surface area contributed by atoms with Crippen LogP contribution >= 0.6 is 11.6 Å². The number of carbonyl (C=O) groups excluding carboxylic acids is 3. The molecule has 256 valence electrons. The minimum atomic E-state index is -0.963. The van der Waals surface area contributed by atoms with Crippen LogP contribution in [0.25, 0.3) is 22.4 Å². The number of primary amides is 1. The first-order chi connectivity index (χ1) is 23.3. The topological polar surface area (TPSA) is 135 Å². The SMILES string of the molecule is CC1COCCN1CCCn1nc(-c2ccc(Cl)c(-c3ccc(C(=O)NCCN4CCOCC4)cc3)c2)c2c1CCN(C(=O)C(N)=O)C2. The van der Waals surface area contributed by atoms with Crippen molar-refractivity contribution in [2.75, 3.05) is 72.2 Å². The number of fused-ring (bicyclic) bond motifs is 1. The molecule has 1 aromatic heterocycles. The molecule has 3 N–H and O–H groups in total. The zero-order valence-corrected chi connectivity index (χ0v) is 28.2. The largest absolute Gasteiger partial charge is 0.379 e. The molecular weight excluding hydrogens is 634 g/mol. The summed E-state index contributed by atoms with van der Waals surface area (Å²) in [5.74, 6) is -1.78. The van der Waals surface area contributed by atoms with Crippen molar-refractivity contribution in [3.8, 4) is 22.4 Å². The summed E-state index contributed by atoms with van der Waals surface area (Å²) in [6.45, 7) is 11.5. The molecule has 2 saturated heterocycles. The first kappa shape index (κ1) is 34.1. The van der Waals surface area contributed by atoms with Crippen LogP contribution in [-0.4, -0.2) is 120 Å². The van der Waals surface area contributed by atoms with E-state index in [4.69, 9.17) is 31.9 Å². The monoisotopic (exact) mass is 677 g/mol. The molecule has 6 rings (SSSR count). The van der Waals surface area contributed by atoms with E-state index in [0.717, 1.165) is 106 Å². The summed E-state index contributed by atoms with van der Waals surface area (Å²) in [7, 11) is 0. The second-order valence-electron chi connectivity index (χ2n) is 12.6. The molecule has 2 fully saturated rings. The van der Waals surface area contributed by atoms with Crippen molar-refractivity contribution in [3.05, 3.63) is 64.3 Å². The Morgan fingerprint density at radius 3 is 2.46 bits per heavy atom. The molecule has 0 bridgehead atoms. The van der Waals surface area contributed by atoms with Gasteiger partial charge in [0.15, 0.2) is 0 Å². The van der Waals surface area contributed by atoms with E-state index >= 15 is 0 Å². The molecule has 1 atom stereocenters. The quantitative estimate of drug-likeness (QED) is 0.313. The van der Waals surface area contributed by atoms with Gasteiger partial charge in [0.25, 0.3) is 5.91 Å². The standard InChI is InChI=1S/C35H44ClN7O5/c1-24-23-48-20-17-41(24)11-2-12-43-31-9-13-42(35(46)33(37)44)22-29(31)32(39-43)27-7-8-30(36)28(21-27)25-3-5-26(6-4-25)34(45)38-10-14-40-15-18-47-19-16-40/h3-8,21,24H,2,9-20,22-23H2,1H3,(H2,37,44)(H,38,45). The summed E-state index contributed by atoms with van der Waals surface area (Å²) in [4.78, 5) is 43.4. The lowest BCUT2D eigenvalue weighted by molar-refractivity contribution is -0.144. The number of hydrogen-bond acceptors (Lipinski definition) is 8. The molecule has 0 saturated carbocycles. The molecule has 2 aromatic carbocycles. The van der Waals surface area contributed by atoms with E-state index in [0.29, 0.717) is 36.1 Å². The average molecular weight is 678 g/mol. The molecule has 0 spiro atoms. The summed E-state index contributed by atoms with van der Waals surface area (Å²) in [5, 5.41) is 8.66. The third-order valence-corrected chi connectivity index (χ3v) is 9.80. The smallest absolute Gasteiger partial charge is 0.311 e. The van der Waals surface area contributed by atoms with Crippen LogP contribution in [0.1, 0.15) is 35.0 Å². The third kappa shape index (κ3) is 7.90. The van der Waals surface area contributed by atoms with Crippen LogP contribution in [0.15, 0.2) is 42.5 Å². The van der Waals surface area contributed by atoms with Gasteiger partial charge in [-0.25, -0.2) is 0 Å². The lowest BCUT2D eigenvalue weighted by Gasteiger charge is -2.33. The van der Waals surface area contributed by atoms with Gasteiger partial charge < -0.3 is 25.4 Å². The normalized spacial score (nSPS) is 18.8. The Labute approximate surface area is 286 Å². The third-order valence-electron chi connectivity index (χ3n) is 9.47. The molecule has 12 nitrogen and oxygen atoms in total. The van der Waals surface area contributed by atoms with Crippen molar-refractivity contribution >= 4 is 29.3 Å². The second kappa shape index (κ2) is 15.6. The Bertz CT molecular complexity index is 1620. The van der Waals surface area contributed by atoms with Gasteiger partial charge in [0.05, 0.1) is 38.7 Å². The number of amides is 3. The predicted octanol–water partition coefficient (Wildman–Crippen LogP) is 2.41. The summed E-state index contributed by atoms with van der Waals surface area (Å²) in [6.07, 6.45) is 1.49. The van der Waals surface area contributed by atoms with E-state index < -0.39 is 11.8 Å². The number of benzene rings is 2. The van der Waals surface area contributed by atoms with Crippen molar-refractivity contribution in [1.82, 2.24) is 29.8 Å². The number of carbonyl (C=O) groups is 3. The zero-order valence-electron chi connectivity index (χ0n) is 27.5. The lowest BCUT2D eigenvalue weighted by atomic mass is 9.97. The lowest BCUT2D eigenvalue weighted by Crippen LogP contribution is -2.44. The first-order valence-corrected chi connectivity index (χ1v) is 17.1. The van der Waals surface area contributed by atoms with Crippen LogP contribution in [0, 0.1) is 0 Å². The van der Waals surface area contributed by atoms with E-state index in [1.807, 2.05) is 42.5 Å². The fourth-order valence-electron chi connectivity index (χ4n) is 6.70. The number of nitrogens with zero attached hydrogens (tertiary/aromatic N) is 5. The second-order valence-corrected chi connectivity index (χ2v) is 13.0. The highest BCUT2D eigenvalue weighted by Gasteiger charge is 2.30. The zero-order chi connectivity index (χ0) is 33.6. The number of aromatic nitrogens is 2. The Morgan fingerprint density at radius 1 is 0.958 bits per heavy atom. The van der Waals surface area contributed by atoms with Crippen molar-refractivity contribution in [3.63, 3.8) is 0 Å². The van der Waals surface area contributed by atoms with Crippen LogP contribution in [0.3, 0.4) is 0 Å². The highest BCUT2D eigenvalue weighted by molar-refractivity contribution is 6.34. The number of ether oxygens (including phenoxy) is 2. The number of rotatable bonds is 10. The number of morpholine rings is 2. The van der Waals surface area contributed by atoms with Crippen molar-refractivity contribution in [2.24, 2.45) is 5.73 Å². The van der Waals surface area contributed by atoms with Gasteiger partial charge in [0.1, 0.15) is 0 Å². The number of nitrogens with one attached hydrogen (secondary N) is 1. The molecule has 3 aliphatic rings. The molecule has 3 amide bonds. The summed E-state index contributed by atoms with van der Waals surface area (Å²) in [6, 6.07) is 13.6. The summed E-state index contributed by atoms with van der Waals surface area (Å²) < 4.78 is 13.0. The van der Waals surface area contributed by atoms with Gasteiger partial charge in [0, 0.05) is 97.8 Å². The molecule has 48 heavy (non-hydrogen) atoms. The van der Waals surface area contributed by atoms with E-state index in [-0.39, 0.29) is 12.5 Å². The predicted molar refractivity (Wildman–Crippen MR) is 182 cm³/mol. The fourth-order valence-corrected chi connectivity index (χ4v) is 6.93. The minimum Gasteiger partial charge on any atom is -0.379 e. The maximum absolute atomic E-state index is 12.8. The number of nitrogens with two attached hydrogens (primary N) is 1. The highest BCUT2D eigenvalue weighted by atomic mass is 35.5. The maximum Gasteiger partial charge on any atom is 0.311 e. The molecule has 3 aliphatic heterocycles. The van der Waals surface area contributed by atoms with Crippen LogP contribution in [-0.2, 0) is 38.6 Å². The molecule has 0 radical (unpaired) electrons. The highest BCUT2D eigenvalue weighted by Crippen LogP contribution is 2.36. The van der Waals surface area contributed by atoms with E-state index in [2.05, 4.69) is 26.7 Å². The van der Waals surface area contributed by atoms with Gasteiger partial charge in [-0.1, -0.05) is 29.8 Å². The first-order valence-electron chi connectivity index (χ1n) is 16.8. The van der Waals surface area contributed by atoms with Gasteiger partial charge in [-0.3, -0.25) is 28.9 Å². The Hall–Kier alpha value is -3.81. The van der Waals surface area contributed by atoms with Crippen molar-refractivity contribution < 1.29 is 23.9 Å². The molecular formula is C35H44ClN7O5. The molecule has 13 heteroatoms. The average Bonchev–Trinajstić information content (AvgIpc) is 3.47. The minimum absolute atomic E-state index is 0.120. The summed E-state index contributed by atoms with van der Waals surface area (Å²) in [5.41, 5.74) is 11.2. The Morgan fingerprint density at radius 2 is 1.71 bits per heavy atom. The number of halogens is 1. The number of aryl methyl sites for hydroxylation is 1.